The Morgan fingerprint density at radius 1 is 1.50 bits per heavy atom. The van der Waals surface area contributed by atoms with Crippen molar-refractivity contribution in [3.05, 3.63) is 12.2 Å². The molecule has 0 aliphatic rings. The van der Waals surface area contributed by atoms with Crippen molar-refractivity contribution in [3.8, 4) is 0 Å². The van der Waals surface area contributed by atoms with Gasteiger partial charge in [-0.05, 0) is 20.3 Å². The van der Waals surface area contributed by atoms with Gasteiger partial charge in [0.2, 0.25) is 0 Å². The molecule has 4 nitrogen and oxygen atoms in total. The van der Waals surface area contributed by atoms with E-state index < -0.39 is 0 Å². The quantitative estimate of drug-likeness (QED) is 0.773. The molecule has 0 radical (unpaired) electrons. The maximum Gasteiger partial charge on any atom is 0.138 e. The molecule has 0 saturated carbocycles. The van der Waals surface area contributed by atoms with Gasteiger partial charge in [0.15, 0.2) is 0 Å². The van der Waals surface area contributed by atoms with Crippen LogP contribution < -0.4 is 5.73 Å². The molecule has 0 saturated heterocycles. The van der Waals surface area contributed by atoms with Crippen LogP contribution >= 0.6 is 0 Å². The summed E-state index contributed by atoms with van der Waals surface area (Å²) in [5, 5.41) is 4.13. The first-order valence-corrected chi connectivity index (χ1v) is 5.24. The third kappa shape index (κ3) is 2.80. The molecule has 14 heavy (non-hydrogen) atoms. The van der Waals surface area contributed by atoms with Gasteiger partial charge in [0.1, 0.15) is 12.2 Å². The normalized spacial score (nSPS) is 15.4. The Hall–Kier alpha value is -0.900. The number of rotatable bonds is 5. The highest BCUT2D eigenvalue weighted by Crippen LogP contribution is 2.14. The second kappa shape index (κ2) is 4.55. The van der Waals surface area contributed by atoms with E-state index >= 15 is 0 Å². The molecule has 2 N–H and O–H groups in total. The van der Waals surface area contributed by atoms with Crippen LogP contribution in [0.15, 0.2) is 6.33 Å². The van der Waals surface area contributed by atoms with Gasteiger partial charge in [0.05, 0.1) is 0 Å². The Morgan fingerprint density at radius 3 is 2.79 bits per heavy atom. The summed E-state index contributed by atoms with van der Waals surface area (Å²) in [6.07, 6.45) is 4.52. The van der Waals surface area contributed by atoms with E-state index in [1.54, 1.807) is 6.33 Å². The molecule has 0 bridgehead atoms. The first-order valence-electron chi connectivity index (χ1n) is 5.24. The van der Waals surface area contributed by atoms with E-state index in [1.165, 1.54) is 0 Å². The molecule has 0 aromatic carbocycles. The molecule has 1 atom stereocenters. The van der Waals surface area contributed by atoms with Crippen LogP contribution in [-0.4, -0.2) is 20.3 Å². The Morgan fingerprint density at radius 2 is 2.21 bits per heavy atom. The van der Waals surface area contributed by atoms with Gasteiger partial charge in [-0.2, -0.15) is 5.10 Å². The average molecular weight is 196 g/mol. The predicted octanol–water partition coefficient (Wildman–Crippen LogP) is 1.36. The van der Waals surface area contributed by atoms with E-state index in [9.17, 15) is 0 Å². The summed E-state index contributed by atoms with van der Waals surface area (Å²) in [6, 6.07) is 0. The Bertz CT molecular complexity index is 277. The van der Waals surface area contributed by atoms with E-state index in [0.29, 0.717) is 0 Å². The van der Waals surface area contributed by atoms with E-state index in [4.69, 9.17) is 5.73 Å². The fourth-order valence-corrected chi connectivity index (χ4v) is 1.71. The molecule has 80 valence electrons. The van der Waals surface area contributed by atoms with Crippen LogP contribution in [-0.2, 0) is 13.0 Å². The summed E-state index contributed by atoms with van der Waals surface area (Å²) in [5.74, 6) is 0.992. The monoisotopic (exact) mass is 196 g/mol. The van der Waals surface area contributed by atoms with Crippen molar-refractivity contribution in [2.75, 3.05) is 0 Å². The first kappa shape index (κ1) is 11.2. The zero-order chi connectivity index (χ0) is 10.6. The van der Waals surface area contributed by atoms with Gasteiger partial charge in [0, 0.05) is 18.5 Å². The van der Waals surface area contributed by atoms with Crippen LogP contribution in [0, 0.1) is 0 Å². The van der Waals surface area contributed by atoms with Crippen molar-refractivity contribution >= 4 is 0 Å². The van der Waals surface area contributed by atoms with Crippen LogP contribution in [0.25, 0.3) is 0 Å². The van der Waals surface area contributed by atoms with E-state index in [2.05, 4.69) is 30.9 Å². The van der Waals surface area contributed by atoms with E-state index in [0.717, 1.165) is 31.6 Å². The van der Waals surface area contributed by atoms with Crippen LogP contribution in [0.3, 0.4) is 0 Å². The molecule has 4 heteroatoms. The minimum atomic E-state index is -0.158. The molecular formula is C10H20N4. The van der Waals surface area contributed by atoms with Crippen LogP contribution in [0.5, 0.6) is 0 Å². The van der Waals surface area contributed by atoms with Gasteiger partial charge >= 0.3 is 0 Å². The summed E-state index contributed by atoms with van der Waals surface area (Å²) < 4.78 is 1.90. The lowest BCUT2D eigenvalue weighted by molar-refractivity contribution is 0.404. The molecule has 0 amide bonds. The summed E-state index contributed by atoms with van der Waals surface area (Å²) >= 11 is 0. The van der Waals surface area contributed by atoms with Crippen molar-refractivity contribution in [1.29, 1.82) is 0 Å². The standard InChI is InChI=1S/C10H20N4/c1-4-6-10(3,11)7-9-12-8-13-14(9)5-2/h8H,4-7,11H2,1-3H3. The number of aromatic nitrogens is 3. The van der Waals surface area contributed by atoms with Gasteiger partial charge in [-0.25, -0.2) is 4.98 Å². The number of hydrogen-bond donors (Lipinski definition) is 1. The zero-order valence-electron chi connectivity index (χ0n) is 9.32. The summed E-state index contributed by atoms with van der Waals surface area (Å²) in [7, 11) is 0. The second-order valence-corrected chi connectivity index (χ2v) is 4.07. The lowest BCUT2D eigenvalue weighted by Crippen LogP contribution is -2.39. The van der Waals surface area contributed by atoms with Crippen molar-refractivity contribution < 1.29 is 0 Å². The topological polar surface area (TPSA) is 56.7 Å². The number of nitrogens with zero attached hydrogens (tertiary/aromatic N) is 3. The largest absolute Gasteiger partial charge is 0.325 e. The Balaban J connectivity index is 2.67. The van der Waals surface area contributed by atoms with Crippen molar-refractivity contribution in [1.82, 2.24) is 14.8 Å². The third-order valence-electron chi connectivity index (χ3n) is 2.38. The molecule has 1 aromatic heterocycles. The maximum atomic E-state index is 6.16. The van der Waals surface area contributed by atoms with Gasteiger partial charge in [-0.15, -0.1) is 0 Å². The highest BCUT2D eigenvalue weighted by atomic mass is 15.3. The van der Waals surface area contributed by atoms with Crippen molar-refractivity contribution in [2.45, 2.75) is 52.1 Å². The van der Waals surface area contributed by atoms with Gasteiger partial charge in [-0.3, -0.25) is 4.68 Å². The summed E-state index contributed by atoms with van der Waals surface area (Å²) in [4.78, 5) is 4.23. The van der Waals surface area contributed by atoms with Crippen LogP contribution in [0.1, 0.15) is 39.4 Å². The molecule has 1 heterocycles. The molecule has 1 unspecified atom stereocenters. The third-order valence-corrected chi connectivity index (χ3v) is 2.38. The van der Waals surface area contributed by atoms with E-state index in [-0.39, 0.29) is 5.54 Å². The van der Waals surface area contributed by atoms with Crippen LogP contribution in [0.2, 0.25) is 0 Å². The van der Waals surface area contributed by atoms with Crippen molar-refractivity contribution in [2.24, 2.45) is 5.73 Å². The fourth-order valence-electron chi connectivity index (χ4n) is 1.71. The van der Waals surface area contributed by atoms with Gasteiger partial charge < -0.3 is 5.73 Å². The summed E-state index contributed by atoms with van der Waals surface area (Å²) in [6.45, 7) is 7.14. The average Bonchev–Trinajstić information content (AvgIpc) is 2.50. The molecule has 0 spiro atoms. The molecule has 1 aromatic rings. The lowest BCUT2D eigenvalue weighted by atomic mass is 9.93. The predicted molar refractivity (Wildman–Crippen MR) is 56.9 cm³/mol. The van der Waals surface area contributed by atoms with Crippen molar-refractivity contribution in [3.63, 3.8) is 0 Å². The molecule has 0 aliphatic heterocycles. The maximum absolute atomic E-state index is 6.16. The molecule has 0 aliphatic carbocycles. The minimum absolute atomic E-state index is 0.158. The summed E-state index contributed by atoms with van der Waals surface area (Å²) in [5.41, 5.74) is 6.00. The van der Waals surface area contributed by atoms with Gasteiger partial charge in [-0.1, -0.05) is 13.3 Å². The van der Waals surface area contributed by atoms with Gasteiger partial charge in [0.25, 0.3) is 0 Å². The molecular weight excluding hydrogens is 176 g/mol. The minimum Gasteiger partial charge on any atom is -0.325 e. The molecule has 0 fully saturated rings. The Labute approximate surface area is 85.5 Å². The second-order valence-electron chi connectivity index (χ2n) is 4.07. The van der Waals surface area contributed by atoms with E-state index in [1.807, 2.05) is 4.68 Å². The number of nitrogens with two attached hydrogens (primary N) is 1. The highest BCUT2D eigenvalue weighted by Gasteiger charge is 2.20. The zero-order valence-corrected chi connectivity index (χ0v) is 9.32. The highest BCUT2D eigenvalue weighted by molar-refractivity contribution is 4.94. The number of aryl methyl sites for hydroxylation is 1. The first-order chi connectivity index (χ1) is 6.59. The number of hydrogen-bond acceptors (Lipinski definition) is 3. The fraction of sp³-hybridized carbons (Fsp3) is 0.800. The smallest absolute Gasteiger partial charge is 0.138 e. The van der Waals surface area contributed by atoms with Crippen LogP contribution in [0.4, 0.5) is 0 Å². The lowest BCUT2D eigenvalue weighted by Gasteiger charge is -2.23. The SMILES string of the molecule is CCCC(C)(N)Cc1ncnn1CC. The molecule has 1 rings (SSSR count). The Kier molecular flexibility index (Phi) is 3.63.